The van der Waals surface area contributed by atoms with Crippen LogP contribution in [0.25, 0.3) is 0 Å². The van der Waals surface area contributed by atoms with Crippen LogP contribution in [0.5, 0.6) is 0 Å². The van der Waals surface area contributed by atoms with E-state index in [-0.39, 0.29) is 5.78 Å². The van der Waals surface area contributed by atoms with Crippen molar-refractivity contribution in [2.24, 2.45) is 0 Å². The van der Waals surface area contributed by atoms with E-state index in [9.17, 15) is 4.79 Å². The fraction of sp³-hybridized carbons (Fsp3) is 0.391. The number of Topliss-reactive ketones (excluding diaryl/α,β-unsaturated/α-hetero) is 1. The molecule has 0 radical (unpaired) electrons. The minimum atomic E-state index is 0.133. The number of pyridine rings is 1. The van der Waals surface area contributed by atoms with Gasteiger partial charge in [0.1, 0.15) is 5.76 Å². The number of nitrogens with zero attached hydrogens (tertiary/aromatic N) is 2. The number of furan rings is 1. The molecule has 0 spiro atoms. The minimum absolute atomic E-state index is 0.133. The summed E-state index contributed by atoms with van der Waals surface area (Å²) in [7, 11) is 0. The van der Waals surface area contributed by atoms with Gasteiger partial charge in [0.15, 0.2) is 12.4 Å². The number of carbonyl (C=O) groups is 1. The van der Waals surface area contributed by atoms with E-state index in [0.29, 0.717) is 19.0 Å². The summed E-state index contributed by atoms with van der Waals surface area (Å²) in [6.45, 7) is 9.48. The molecule has 0 aromatic carbocycles. The first-order valence-electron chi connectivity index (χ1n) is 9.74. The van der Waals surface area contributed by atoms with Crippen molar-refractivity contribution in [1.29, 1.82) is 0 Å². The zero-order valence-electron chi connectivity index (χ0n) is 16.7. The summed E-state index contributed by atoms with van der Waals surface area (Å²) in [5, 5.41) is 0. The maximum absolute atomic E-state index is 12.9. The van der Waals surface area contributed by atoms with Crippen LogP contribution < -0.4 is 4.57 Å². The third-order valence-electron chi connectivity index (χ3n) is 5.47. The van der Waals surface area contributed by atoms with E-state index in [4.69, 9.17) is 4.42 Å². The first-order chi connectivity index (χ1) is 13.0. The van der Waals surface area contributed by atoms with Gasteiger partial charge in [-0.2, -0.15) is 4.57 Å². The molecule has 3 rings (SSSR count). The monoisotopic (exact) mass is 365 g/mol. The number of rotatable bonds is 8. The second-order valence-corrected chi connectivity index (χ2v) is 7.19. The summed E-state index contributed by atoms with van der Waals surface area (Å²) in [6, 6.07) is 10.1. The lowest BCUT2D eigenvalue weighted by Crippen LogP contribution is -2.37. The van der Waals surface area contributed by atoms with E-state index in [1.165, 1.54) is 5.56 Å². The second-order valence-electron chi connectivity index (χ2n) is 7.19. The first kappa shape index (κ1) is 19.2. The fourth-order valence-corrected chi connectivity index (χ4v) is 3.74. The topological polar surface area (TPSA) is 39.0 Å². The van der Waals surface area contributed by atoms with Gasteiger partial charge in [-0.1, -0.05) is 13.8 Å². The number of carbonyl (C=O) groups excluding carboxylic acids is 1. The van der Waals surface area contributed by atoms with Crippen molar-refractivity contribution >= 4 is 5.78 Å². The molecule has 3 heterocycles. The Hall–Kier alpha value is -2.62. The van der Waals surface area contributed by atoms with Crippen LogP contribution in [0, 0.1) is 13.8 Å². The molecule has 4 heteroatoms. The zero-order valence-corrected chi connectivity index (χ0v) is 16.7. The largest absolute Gasteiger partial charge is 0.467 e. The third-order valence-corrected chi connectivity index (χ3v) is 5.47. The minimum Gasteiger partial charge on any atom is -0.467 e. The van der Waals surface area contributed by atoms with Crippen LogP contribution in [0.4, 0.5) is 0 Å². The maximum atomic E-state index is 12.9. The smallest absolute Gasteiger partial charge is 0.229 e. The molecular formula is C23H29N2O2+. The summed E-state index contributed by atoms with van der Waals surface area (Å²) in [6.07, 6.45) is 8.00. The van der Waals surface area contributed by atoms with Crippen LogP contribution in [-0.2, 0) is 13.1 Å². The Morgan fingerprint density at radius 1 is 1.15 bits per heavy atom. The summed E-state index contributed by atoms with van der Waals surface area (Å²) < 4.78 is 9.55. The van der Waals surface area contributed by atoms with E-state index in [1.54, 1.807) is 6.26 Å². The number of aromatic nitrogens is 2. The van der Waals surface area contributed by atoms with Crippen molar-refractivity contribution in [3.05, 3.63) is 77.3 Å². The van der Waals surface area contributed by atoms with Crippen molar-refractivity contribution < 1.29 is 13.8 Å². The van der Waals surface area contributed by atoms with Crippen LogP contribution in [-0.4, -0.2) is 10.4 Å². The second kappa shape index (κ2) is 8.38. The van der Waals surface area contributed by atoms with Crippen LogP contribution in [0.1, 0.15) is 65.7 Å². The van der Waals surface area contributed by atoms with Crippen molar-refractivity contribution in [2.45, 2.75) is 59.5 Å². The van der Waals surface area contributed by atoms with Crippen molar-refractivity contribution in [3.8, 4) is 0 Å². The van der Waals surface area contributed by atoms with Crippen molar-refractivity contribution in [3.63, 3.8) is 0 Å². The van der Waals surface area contributed by atoms with E-state index in [2.05, 4.69) is 30.5 Å². The first-order valence-corrected chi connectivity index (χ1v) is 9.74. The van der Waals surface area contributed by atoms with Gasteiger partial charge in [-0.15, -0.1) is 0 Å². The number of hydrogen-bond donors (Lipinski definition) is 0. The van der Waals surface area contributed by atoms with Crippen molar-refractivity contribution in [2.75, 3.05) is 0 Å². The molecule has 0 aliphatic carbocycles. The Labute approximate surface area is 161 Å². The Bertz CT molecular complexity index is 885. The van der Waals surface area contributed by atoms with Gasteiger partial charge in [0, 0.05) is 29.1 Å². The summed E-state index contributed by atoms with van der Waals surface area (Å²) in [5.41, 5.74) is 4.19. The molecule has 0 N–H and O–H groups in total. The number of hydrogen-bond acceptors (Lipinski definition) is 2. The Kier molecular flexibility index (Phi) is 5.94. The number of ketones is 1. The predicted molar refractivity (Wildman–Crippen MR) is 106 cm³/mol. The van der Waals surface area contributed by atoms with Crippen LogP contribution >= 0.6 is 0 Å². The zero-order chi connectivity index (χ0) is 19.4. The molecule has 0 aliphatic rings. The van der Waals surface area contributed by atoms with Gasteiger partial charge in [-0.05, 0) is 56.4 Å². The third kappa shape index (κ3) is 4.21. The van der Waals surface area contributed by atoms with E-state index in [1.807, 2.05) is 49.0 Å². The van der Waals surface area contributed by atoms with Gasteiger partial charge >= 0.3 is 0 Å². The molecule has 3 aromatic heterocycles. The molecule has 0 unspecified atom stereocenters. The SMILES string of the molecule is CCC(CC)c1cc[n+](CC(=O)c2cc(C)n(Cc3ccco3)c2C)cc1. The summed E-state index contributed by atoms with van der Waals surface area (Å²) in [5.74, 6) is 1.62. The van der Waals surface area contributed by atoms with Crippen LogP contribution in [0.15, 0.2) is 53.4 Å². The molecule has 4 nitrogen and oxygen atoms in total. The normalized spacial score (nSPS) is 11.3. The Morgan fingerprint density at radius 3 is 2.44 bits per heavy atom. The Morgan fingerprint density at radius 2 is 1.85 bits per heavy atom. The van der Waals surface area contributed by atoms with Gasteiger partial charge in [0.25, 0.3) is 0 Å². The summed E-state index contributed by atoms with van der Waals surface area (Å²) in [4.78, 5) is 12.9. The molecule has 0 fully saturated rings. The van der Waals surface area contributed by atoms with Gasteiger partial charge < -0.3 is 8.98 Å². The molecule has 0 aliphatic heterocycles. The van der Waals surface area contributed by atoms with Crippen LogP contribution in [0.2, 0.25) is 0 Å². The quantitative estimate of drug-likeness (QED) is 0.424. The van der Waals surface area contributed by atoms with E-state index < -0.39 is 0 Å². The summed E-state index contributed by atoms with van der Waals surface area (Å²) >= 11 is 0. The van der Waals surface area contributed by atoms with Crippen LogP contribution in [0.3, 0.4) is 0 Å². The highest BCUT2D eigenvalue weighted by atomic mass is 16.3. The average molecular weight is 365 g/mol. The van der Waals surface area contributed by atoms with E-state index in [0.717, 1.165) is 35.6 Å². The maximum Gasteiger partial charge on any atom is 0.229 e. The molecule has 0 bridgehead atoms. The highest BCUT2D eigenvalue weighted by Gasteiger charge is 2.20. The fourth-order valence-electron chi connectivity index (χ4n) is 3.74. The van der Waals surface area contributed by atoms with E-state index >= 15 is 0 Å². The lowest BCUT2D eigenvalue weighted by Gasteiger charge is -2.11. The molecule has 27 heavy (non-hydrogen) atoms. The molecule has 0 saturated heterocycles. The molecule has 142 valence electrons. The highest BCUT2D eigenvalue weighted by Crippen LogP contribution is 2.21. The highest BCUT2D eigenvalue weighted by molar-refractivity contribution is 5.96. The van der Waals surface area contributed by atoms with Crippen molar-refractivity contribution in [1.82, 2.24) is 4.57 Å². The van der Waals surface area contributed by atoms with Gasteiger partial charge in [-0.3, -0.25) is 4.79 Å². The lowest BCUT2D eigenvalue weighted by atomic mass is 9.95. The Balaban J connectivity index is 1.74. The number of aryl methyl sites for hydroxylation is 1. The molecule has 0 amide bonds. The molecule has 0 atom stereocenters. The standard InChI is InChI=1S/C23H29N2O2/c1-5-19(6-2)20-9-11-24(12-10-20)16-23(26)22-14-17(3)25(18(22)4)15-21-8-7-13-27-21/h7-14,19H,5-6,15-16H2,1-4H3/q+1. The van der Waals surface area contributed by atoms with Gasteiger partial charge in [0.05, 0.1) is 12.8 Å². The van der Waals surface area contributed by atoms with Gasteiger partial charge in [0.2, 0.25) is 12.3 Å². The lowest BCUT2D eigenvalue weighted by molar-refractivity contribution is -0.683. The molecule has 3 aromatic rings. The van der Waals surface area contributed by atoms with Gasteiger partial charge in [-0.25, -0.2) is 0 Å². The molecular weight excluding hydrogens is 336 g/mol. The average Bonchev–Trinajstić information content (AvgIpc) is 3.28. The molecule has 0 saturated carbocycles. The predicted octanol–water partition coefficient (Wildman–Crippen LogP) is 4.82.